The summed E-state index contributed by atoms with van der Waals surface area (Å²) in [6, 6.07) is 10.4. The van der Waals surface area contributed by atoms with E-state index in [0.717, 1.165) is 24.5 Å². The molecule has 2 nitrogen and oxygen atoms in total. The number of benzene rings is 1. The third-order valence-electron chi connectivity index (χ3n) is 3.77. The van der Waals surface area contributed by atoms with Gasteiger partial charge in [-0.2, -0.15) is 0 Å². The van der Waals surface area contributed by atoms with E-state index in [9.17, 15) is 0 Å². The molecule has 3 heteroatoms. The minimum atomic E-state index is 0.375. The highest BCUT2D eigenvalue weighted by Crippen LogP contribution is 2.45. The summed E-state index contributed by atoms with van der Waals surface area (Å²) in [4.78, 5) is 4.47. The Morgan fingerprint density at radius 1 is 1.22 bits per heavy atom. The zero-order chi connectivity index (χ0) is 12.4. The van der Waals surface area contributed by atoms with Crippen molar-refractivity contribution in [3.05, 3.63) is 42.1 Å². The van der Waals surface area contributed by atoms with Gasteiger partial charge >= 0.3 is 0 Å². The van der Waals surface area contributed by atoms with Crippen LogP contribution >= 0.6 is 11.6 Å². The first-order valence-electron chi connectivity index (χ1n) is 6.42. The number of fused-ring (bicyclic) bond motifs is 1. The summed E-state index contributed by atoms with van der Waals surface area (Å²) in [5.41, 5.74) is 2.74. The highest BCUT2D eigenvalue weighted by atomic mass is 35.5. The van der Waals surface area contributed by atoms with Crippen LogP contribution in [0.4, 0.5) is 0 Å². The summed E-state index contributed by atoms with van der Waals surface area (Å²) in [7, 11) is 0. The van der Waals surface area contributed by atoms with Crippen molar-refractivity contribution in [2.75, 3.05) is 12.4 Å². The lowest BCUT2D eigenvalue weighted by Crippen LogP contribution is -2.24. The van der Waals surface area contributed by atoms with E-state index in [1.54, 1.807) is 0 Å². The Hall–Kier alpha value is -1.12. The topological polar surface area (TPSA) is 24.9 Å². The van der Waals surface area contributed by atoms with Gasteiger partial charge in [0, 0.05) is 30.6 Å². The van der Waals surface area contributed by atoms with E-state index in [4.69, 9.17) is 11.6 Å². The van der Waals surface area contributed by atoms with Crippen molar-refractivity contribution in [1.82, 2.24) is 10.3 Å². The van der Waals surface area contributed by atoms with E-state index in [2.05, 4.69) is 34.6 Å². The van der Waals surface area contributed by atoms with E-state index in [0.29, 0.717) is 5.41 Å². The largest absolute Gasteiger partial charge is 0.312 e. The molecule has 0 aliphatic heterocycles. The zero-order valence-corrected chi connectivity index (χ0v) is 11.1. The molecule has 1 aliphatic carbocycles. The van der Waals surface area contributed by atoms with Gasteiger partial charge in [0.05, 0.1) is 5.52 Å². The summed E-state index contributed by atoms with van der Waals surface area (Å²) in [5, 5.41) is 4.73. The van der Waals surface area contributed by atoms with Crippen LogP contribution in [0.5, 0.6) is 0 Å². The number of hydrogen-bond donors (Lipinski definition) is 1. The molecule has 0 atom stereocenters. The van der Waals surface area contributed by atoms with E-state index >= 15 is 0 Å². The van der Waals surface area contributed by atoms with Crippen molar-refractivity contribution in [2.24, 2.45) is 5.41 Å². The molecule has 1 heterocycles. The van der Waals surface area contributed by atoms with Gasteiger partial charge in [0.15, 0.2) is 0 Å². The number of para-hydroxylation sites is 1. The van der Waals surface area contributed by atoms with Gasteiger partial charge in [0.2, 0.25) is 0 Å². The monoisotopic (exact) mass is 260 g/mol. The molecule has 0 unspecified atom stereocenters. The van der Waals surface area contributed by atoms with Gasteiger partial charge in [-0.05, 0) is 29.9 Å². The van der Waals surface area contributed by atoms with Crippen molar-refractivity contribution in [2.45, 2.75) is 19.4 Å². The minimum absolute atomic E-state index is 0.375. The normalized spacial score (nSPS) is 16.9. The lowest BCUT2D eigenvalue weighted by molar-refractivity contribution is 0.505. The quantitative estimate of drug-likeness (QED) is 0.834. The first kappa shape index (κ1) is 11.9. The van der Waals surface area contributed by atoms with Gasteiger partial charge in [-0.3, -0.25) is 4.98 Å². The second-order valence-corrected chi connectivity index (χ2v) is 5.50. The maximum Gasteiger partial charge on any atom is 0.0746 e. The predicted molar refractivity (Wildman–Crippen MR) is 75.8 cm³/mol. The Morgan fingerprint density at radius 2 is 2.06 bits per heavy atom. The van der Waals surface area contributed by atoms with Gasteiger partial charge in [0.25, 0.3) is 0 Å². The van der Waals surface area contributed by atoms with Crippen LogP contribution in [0, 0.1) is 5.41 Å². The van der Waals surface area contributed by atoms with Crippen LogP contribution in [0.15, 0.2) is 36.5 Å². The van der Waals surface area contributed by atoms with E-state index < -0.39 is 0 Å². The van der Waals surface area contributed by atoms with E-state index in [-0.39, 0.29) is 0 Å². The molecule has 1 fully saturated rings. The average molecular weight is 261 g/mol. The smallest absolute Gasteiger partial charge is 0.0746 e. The summed E-state index contributed by atoms with van der Waals surface area (Å²) in [6.07, 6.45) is 4.38. The molecule has 3 rings (SSSR count). The van der Waals surface area contributed by atoms with Crippen LogP contribution in [-0.4, -0.2) is 17.4 Å². The molecule has 1 N–H and O–H groups in total. The Bertz CT molecular complexity index is 544. The fraction of sp³-hybridized carbons (Fsp3) is 0.400. The highest BCUT2D eigenvalue weighted by molar-refractivity contribution is 6.18. The van der Waals surface area contributed by atoms with Gasteiger partial charge in [-0.1, -0.05) is 24.3 Å². The Balaban J connectivity index is 1.71. The minimum Gasteiger partial charge on any atom is -0.312 e. The lowest BCUT2D eigenvalue weighted by Gasteiger charge is -2.13. The number of rotatable bonds is 5. The SMILES string of the molecule is ClCC1(CNCc2cccc3cccnc23)CC1. The van der Waals surface area contributed by atoms with Crippen LogP contribution in [-0.2, 0) is 6.54 Å². The van der Waals surface area contributed by atoms with Crippen molar-refractivity contribution >= 4 is 22.5 Å². The second-order valence-electron chi connectivity index (χ2n) is 5.23. The van der Waals surface area contributed by atoms with Gasteiger partial charge in [-0.25, -0.2) is 0 Å². The predicted octanol–water partition coefficient (Wildman–Crippen LogP) is 3.34. The first-order chi connectivity index (χ1) is 8.83. The summed E-state index contributed by atoms with van der Waals surface area (Å²) in [5.74, 6) is 0.772. The molecule has 1 saturated carbocycles. The number of alkyl halides is 1. The van der Waals surface area contributed by atoms with Crippen LogP contribution in [0.2, 0.25) is 0 Å². The van der Waals surface area contributed by atoms with Crippen LogP contribution in [0.3, 0.4) is 0 Å². The summed E-state index contributed by atoms with van der Waals surface area (Å²) < 4.78 is 0. The molecule has 0 bridgehead atoms. The number of nitrogens with one attached hydrogen (secondary N) is 1. The summed E-state index contributed by atoms with van der Waals surface area (Å²) >= 11 is 5.98. The number of hydrogen-bond acceptors (Lipinski definition) is 2. The molecule has 1 aliphatic rings. The van der Waals surface area contributed by atoms with E-state index in [1.807, 2.05) is 12.3 Å². The Labute approximate surface area is 112 Å². The fourth-order valence-corrected chi connectivity index (χ4v) is 2.67. The number of halogens is 1. The second kappa shape index (κ2) is 4.87. The molecule has 0 amide bonds. The molecule has 18 heavy (non-hydrogen) atoms. The number of nitrogens with zero attached hydrogens (tertiary/aromatic N) is 1. The van der Waals surface area contributed by atoms with Crippen LogP contribution in [0.1, 0.15) is 18.4 Å². The molecule has 1 aromatic heterocycles. The molecule has 1 aromatic carbocycles. The maximum atomic E-state index is 5.98. The van der Waals surface area contributed by atoms with E-state index in [1.165, 1.54) is 23.8 Å². The van der Waals surface area contributed by atoms with Gasteiger partial charge in [-0.15, -0.1) is 11.6 Å². The lowest BCUT2D eigenvalue weighted by atomic mass is 10.1. The number of aromatic nitrogens is 1. The molecular weight excluding hydrogens is 244 g/mol. The molecule has 0 saturated heterocycles. The summed E-state index contributed by atoms with van der Waals surface area (Å²) in [6.45, 7) is 1.88. The standard InChI is InChI=1S/C15H17ClN2/c16-10-15(6-7-15)11-17-9-13-4-1-3-12-5-2-8-18-14(12)13/h1-5,8,17H,6-7,9-11H2. The molecule has 94 valence electrons. The van der Waals surface area contributed by atoms with Crippen molar-refractivity contribution in [1.29, 1.82) is 0 Å². The third-order valence-corrected chi connectivity index (χ3v) is 4.34. The van der Waals surface area contributed by atoms with Gasteiger partial charge < -0.3 is 5.32 Å². The van der Waals surface area contributed by atoms with Gasteiger partial charge in [0.1, 0.15) is 0 Å². The fourth-order valence-electron chi connectivity index (χ4n) is 2.31. The molecule has 2 aromatic rings. The third kappa shape index (κ3) is 2.36. The van der Waals surface area contributed by atoms with Crippen molar-refractivity contribution in [3.63, 3.8) is 0 Å². The maximum absolute atomic E-state index is 5.98. The molecule has 0 spiro atoms. The Kier molecular flexibility index (Phi) is 3.23. The van der Waals surface area contributed by atoms with Crippen molar-refractivity contribution in [3.8, 4) is 0 Å². The highest BCUT2D eigenvalue weighted by Gasteiger charge is 2.41. The molecular formula is C15H17ClN2. The Morgan fingerprint density at radius 3 is 2.83 bits per heavy atom. The van der Waals surface area contributed by atoms with Crippen LogP contribution < -0.4 is 5.32 Å². The number of pyridine rings is 1. The first-order valence-corrected chi connectivity index (χ1v) is 6.96. The zero-order valence-electron chi connectivity index (χ0n) is 10.3. The average Bonchev–Trinajstić information content (AvgIpc) is 3.20. The van der Waals surface area contributed by atoms with Crippen LogP contribution in [0.25, 0.3) is 10.9 Å². The van der Waals surface area contributed by atoms with Crippen molar-refractivity contribution < 1.29 is 0 Å². The molecule has 0 radical (unpaired) electrons.